The molecule has 2 heterocycles. The summed E-state index contributed by atoms with van der Waals surface area (Å²) in [6, 6.07) is 6.23. The quantitative estimate of drug-likeness (QED) is 0.854. The Bertz CT molecular complexity index is 437. The van der Waals surface area contributed by atoms with Crippen LogP contribution >= 0.6 is 0 Å². The molecule has 0 fully saturated rings. The molecule has 1 N–H and O–H groups in total. The predicted molar refractivity (Wildman–Crippen MR) is 62.9 cm³/mol. The smallest absolute Gasteiger partial charge is 0.120 e. The average molecular weight is 216 g/mol. The average Bonchev–Trinajstić information content (AvgIpc) is 2.79. The fraction of sp³-hybridized carbons (Fsp3) is 0.308. The lowest BCUT2D eigenvalue weighted by molar-refractivity contribution is 0.430. The highest BCUT2D eigenvalue weighted by atomic mass is 16.3. The third-order valence-corrected chi connectivity index (χ3v) is 2.51. The largest absolute Gasteiger partial charge is 0.468 e. The second-order valence-corrected chi connectivity index (χ2v) is 3.99. The molecule has 0 radical (unpaired) electrons. The maximum atomic E-state index is 5.33. The van der Waals surface area contributed by atoms with E-state index in [0.29, 0.717) is 0 Å². The molecule has 2 rings (SSSR count). The van der Waals surface area contributed by atoms with Crippen LogP contribution in [0.1, 0.15) is 29.9 Å². The van der Waals surface area contributed by atoms with Crippen molar-refractivity contribution in [1.29, 1.82) is 0 Å². The number of rotatable bonds is 4. The van der Waals surface area contributed by atoms with Crippen LogP contribution in [-0.4, -0.2) is 4.98 Å². The van der Waals surface area contributed by atoms with Crippen LogP contribution < -0.4 is 5.32 Å². The van der Waals surface area contributed by atoms with E-state index in [1.165, 1.54) is 11.1 Å². The van der Waals surface area contributed by atoms with E-state index in [-0.39, 0.29) is 6.04 Å². The number of hydrogen-bond donors (Lipinski definition) is 1. The first-order valence-corrected chi connectivity index (χ1v) is 5.43. The molecule has 84 valence electrons. The lowest BCUT2D eigenvalue weighted by Gasteiger charge is -2.11. The van der Waals surface area contributed by atoms with E-state index in [0.717, 1.165) is 12.3 Å². The molecule has 2 aromatic heterocycles. The molecule has 2 aromatic rings. The molecule has 3 heteroatoms. The van der Waals surface area contributed by atoms with Crippen molar-refractivity contribution in [3.05, 3.63) is 53.7 Å². The Kier molecular flexibility index (Phi) is 3.37. The van der Waals surface area contributed by atoms with Crippen molar-refractivity contribution in [3.8, 4) is 0 Å². The molecule has 3 nitrogen and oxygen atoms in total. The lowest BCUT2D eigenvalue weighted by atomic mass is 10.2. The molecule has 0 aliphatic heterocycles. The van der Waals surface area contributed by atoms with Gasteiger partial charge in [-0.05, 0) is 37.1 Å². The van der Waals surface area contributed by atoms with E-state index in [1.54, 1.807) is 6.26 Å². The minimum absolute atomic E-state index is 0.218. The second-order valence-electron chi connectivity index (χ2n) is 3.99. The first kappa shape index (κ1) is 10.9. The van der Waals surface area contributed by atoms with E-state index in [1.807, 2.05) is 31.5 Å². The molecule has 0 aromatic carbocycles. The van der Waals surface area contributed by atoms with Crippen molar-refractivity contribution in [1.82, 2.24) is 10.3 Å². The highest BCUT2D eigenvalue weighted by molar-refractivity contribution is 5.16. The van der Waals surface area contributed by atoms with Crippen molar-refractivity contribution in [2.75, 3.05) is 0 Å². The van der Waals surface area contributed by atoms with Crippen molar-refractivity contribution in [3.63, 3.8) is 0 Å². The Morgan fingerprint density at radius 3 is 3.00 bits per heavy atom. The summed E-state index contributed by atoms with van der Waals surface area (Å²) in [6.07, 6.45) is 5.44. The SMILES string of the molecule is Cc1cncc(CN[C@H](C)c2ccco2)c1. The fourth-order valence-corrected chi connectivity index (χ4v) is 1.62. The fourth-order valence-electron chi connectivity index (χ4n) is 1.62. The summed E-state index contributed by atoms with van der Waals surface area (Å²) >= 11 is 0. The number of nitrogens with zero attached hydrogens (tertiary/aromatic N) is 1. The molecule has 1 atom stereocenters. The first-order chi connectivity index (χ1) is 7.75. The normalized spacial score (nSPS) is 12.6. The van der Waals surface area contributed by atoms with Gasteiger partial charge in [-0.3, -0.25) is 4.98 Å². The van der Waals surface area contributed by atoms with Crippen molar-refractivity contribution >= 4 is 0 Å². The van der Waals surface area contributed by atoms with Crippen LogP contribution in [0.25, 0.3) is 0 Å². The van der Waals surface area contributed by atoms with E-state index in [9.17, 15) is 0 Å². The summed E-state index contributed by atoms with van der Waals surface area (Å²) in [4.78, 5) is 4.16. The standard InChI is InChI=1S/C13H16N2O/c1-10-6-12(8-14-7-10)9-15-11(2)13-4-3-5-16-13/h3-8,11,15H,9H2,1-2H3/t11-/m1/s1. The van der Waals surface area contributed by atoms with Crippen LogP contribution in [0.5, 0.6) is 0 Å². The second kappa shape index (κ2) is 4.94. The van der Waals surface area contributed by atoms with Gasteiger partial charge in [0.15, 0.2) is 0 Å². The lowest BCUT2D eigenvalue weighted by Crippen LogP contribution is -2.17. The molecular weight excluding hydrogens is 200 g/mol. The van der Waals surface area contributed by atoms with Crippen LogP contribution in [-0.2, 0) is 6.54 Å². The van der Waals surface area contributed by atoms with E-state index in [2.05, 4.69) is 23.3 Å². The number of aromatic nitrogens is 1. The zero-order chi connectivity index (χ0) is 11.4. The molecule has 16 heavy (non-hydrogen) atoms. The van der Waals surface area contributed by atoms with Gasteiger partial charge < -0.3 is 9.73 Å². The molecule has 0 spiro atoms. The number of pyridine rings is 1. The van der Waals surface area contributed by atoms with Crippen molar-refractivity contribution < 1.29 is 4.42 Å². The number of aryl methyl sites for hydroxylation is 1. The van der Waals surface area contributed by atoms with Gasteiger partial charge in [-0.1, -0.05) is 6.07 Å². The van der Waals surface area contributed by atoms with Gasteiger partial charge in [0.25, 0.3) is 0 Å². The topological polar surface area (TPSA) is 38.1 Å². The van der Waals surface area contributed by atoms with Crippen molar-refractivity contribution in [2.24, 2.45) is 0 Å². The molecule has 0 unspecified atom stereocenters. The van der Waals surface area contributed by atoms with Gasteiger partial charge in [-0.25, -0.2) is 0 Å². The predicted octanol–water partition coefficient (Wildman–Crippen LogP) is 2.83. The van der Waals surface area contributed by atoms with E-state index < -0.39 is 0 Å². The summed E-state index contributed by atoms with van der Waals surface area (Å²) in [6.45, 7) is 4.94. The highest BCUT2D eigenvalue weighted by Crippen LogP contribution is 2.13. The zero-order valence-corrected chi connectivity index (χ0v) is 9.60. The summed E-state index contributed by atoms with van der Waals surface area (Å²) in [7, 11) is 0. The van der Waals surface area contributed by atoms with Crippen LogP contribution in [0, 0.1) is 6.92 Å². The molecule has 0 saturated heterocycles. The van der Waals surface area contributed by atoms with Crippen molar-refractivity contribution in [2.45, 2.75) is 26.4 Å². The minimum atomic E-state index is 0.218. The molecule has 0 bridgehead atoms. The zero-order valence-electron chi connectivity index (χ0n) is 9.60. The maximum absolute atomic E-state index is 5.33. The summed E-state index contributed by atoms with van der Waals surface area (Å²) in [5.74, 6) is 0.959. The van der Waals surface area contributed by atoms with Crippen LogP contribution in [0.2, 0.25) is 0 Å². The van der Waals surface area contributed by atoms with E-state index >= 15 is 0 Å². The van der Waals surface area contributed by atoms with Gasteiger partial charge in [0.2, 0.25) is 0 Å². The molecule has 0 aliphatic rings. The number of nitrogens with one attached hydrogen (secondary N) is 1. The van der Waals surface area contributed by atoms with Gasteiger partial charge in [-0.15, -0.1) is 0 Å². The van der Waals surface area contributed by atoms with Gasteiger partial charge in [0.1, 0.15) is 5.76 Å². The van der Waals surface area contributed by atoms with Gasteiger partial charge in [0.05, 0.1) is 12.3 Å². The Labute approximate surface area is 95.5 Å². The summed E-state index contributed by atoms with van der Waals surface area (Å²) < 4.78 is 5.33. The Morgan fingerprint density at radius 1 is 1.44 bits per heavy atom. The van der Waals surface area contributed by atoms with E-state index in [4.69, 9.17) is 4.42 Å². The monoisotopic (exact) mass is 216 g/mol. The third-order valence-electron chi connectivity index (χ3n) is 2.51. The highest BCUT2D eigenvalue weighted by Gasteiger charge is 2.06. The Balaban J connectivity index is 1.92. The van der Waals surface area contributed by atoms with Crippen LogP contribution in [0.3, 0.4) is 0 Å². The number of hydrogen-bond acceptors (Lipinski definition) is 3. The molecular formula is C13H16N2O. The van der Waals surface area contributed by atoms with Crippen LogP contribution in [0.15, 0.2) is 41.3 Å². The van der Waals surface area contributed by atoms with Gasteiger partial charge >= 0.3 is 0 Å². The summed E-state index contributed by atoms with van der Waals surface area (Å²) in [5.41, 5.74) is 2.38. The Morgan fingerprint density at radius 2 is 2.31 bits per heavy atom. The first-order valence-electron chi connectivity index (χ1n) is 5.43. The molecule has 0 aliphatic carbocycles. The Hall–Kier alpha value is -1.61. The third kappa shape index (κ3) is 2.70. The van der Waals surface area contributed by atoms with Gasteiger partial charge in [0, 0.05) is 18.9 Å². The summed E-state index contributed by atoms with van der Waals surface area (Å²) in [5, 5.41) is 3.39. The molecule has 0 saturated carbocycles. The van der Waals surface area contributed by atoms with Crippen LogP contribution in [0.4, 0.5) is 0 Å². The minimum Gasteiger partial charge on any atom is -0.468 e. The number of furan rings is 1. The maximum Gasteiger partial charge on any atom is 0.120 e. The molecule has 0 amide bonds. The van der Waals surface area contributed by atoms with Gasteiger partial charge in [-0.2, -0.15) is 0 Å².